The highest BCUT2D eigenvalue weighted by Crippen LogP contribution is 2.31. The van der Waals surface area contributed by atoms with Crippen LogP contribution in [0.1, 0.15) is 24.0 Å². The average molecular weight is 445 g/mol. The van der Waals surface area contributed by atoms with Crippen LogP contribution in [0.2, 0.25) is 5.02 Å². The number of nitrogens with zero attached hydrogens (tertiary/aromatic N) is 2. The first-order chi connectivity index (χ1) is 13.3. The summed E-state index contributed by atoms with van der Waals surface area (Å²) in [5.74, 6) is -3.18. The number of sulfone groups is 1. The zero-order valence-electron chi connectivity index (χ0n) is 14.6. The summed E-state index contributed by atoms with van der Waals surface area (Å²) in [6.45, 7) is 0.655. The molecule has 1 aromatic heterocycles. The third-order valence-corrected chi connectivity index (χ3v) is 6.31. The molecule has 0 radical (unpaired) electrons. The van der Waals surface area contributed by atoms with Gasteiger partial charge in [-0.05, 0) is 37.1 Å². The standard InChI is InChI=1S/C16H17ClN4O5S2/c17-10-3-5-11(6-4-10)18-13(22)8-28(24,25)9-14(23)19-16-21-20-15(27-16)12-2-1-7-26-12/h3-6,12H,1-2,7-9H2,(H,18,22)(H,19,21,23). The Hall–Kier alpha value is -2.08. The van der Waals surface area contributed by atoms with Gasteiger partial charge in [0.25, 0.3) is 0 Å². The van der Waals surface area contributed by atoms with E-state index < -0.39 is 33.2 Å². The summed E-state index contributed by atoms with van der Waals surface area (Å²) in [5, 5.41) is 13.9. The molecule has 0 bridgehead atoms. The number of carbonyl (C=O) groups excluding carboxylic acids is 2. The average Bonchev–Trinajstić information content (AvgIpc) is 3.27. The zero-order valence-corrected chi connectivity index (χ0v) is 16.9. The quantitative estimate of drug-likeness (QED) is 0.668. The highest BCUT2D eigenvalue weighted by Gasteiger charge is 2.24. The molecule has 1 atom stereocenters. The van der Waals surface area contributed by atoms with Gasteiger partial charge in [-0.3, -0.25) is 14.9 Å². The molecule has 150 valence electrons. The van der Waals surface area contributed by atoms with Gasteiger partial charge in [0.05, 0.1) is 0 Å². The van der Waals surface area contributed by atoms with Gasteiger partial charge in [-0.25, -0.2) is 8.42 Å². The Morgan fingerprint density at radius 3 is 2.46 bits per heavy atom. The lowest BCUT2D eigenvalue weighted by molar-refractivity contribution is -0.114. The van der Waals surface area contributed by atoms with Crippen molar-refractivity contribution in [3.05, 3.63) is 34.3 Å². The fourth-order valence-corrected chi connectivity index (χ4v) is 4.54. The SMILES string of the molecule is O=C(CS(=O)(=O)CC(=O)Nc1nnc(C2CCCO2)s1)Nc1ccc(Cl)cc1. The Kier molecular flexibility index (Phi) is 6.60. The van der Waals surface area contributed by atoms with Crippen LogP contribution >= 0.6 is 22.9 Å². The largest absolute Gasteiger partial charge is 0.371 e. The van der Waals surface area contributed by atoms with Crippen molar-refractivity contribution in [1.29, 1.82) is 0 Å². The van der Waals surface area contributed by atoms with Crippen LogP contribution in [0.3, 0.4) is 0 Å². The Labute approximate surface area is 170 Å². The normalized spacial score (nSPS) is 16.7. The number of ether oxygens (including phenoxy) is 1. The number of nitrogens with one attached hydrogen (secondary N) is 2. The molecule has 9 nitrogen and oxygen atoms in total. The molecule has 1 unspecified atom stereocenters. The molecule has 28 heavy (non-hydrogen) atoms. The summed E-state index contributed by atoms with van der Waals surface area (Å²) in [7, 11) is -3.96. The molecule has 2 amide bonds. The van der Waals surface area contributed by atoms with Gasteiger partial charge in [0.1, 0.15) is 22.6 Å². The number of hydrogen-bond acceptors (Lipinski definition) is 8. The fourth-order valence-electron chi connectivity index (χ4n) is 2.52. The van der Waals surface area contributed by atoms with E-state index in [-0.39, 0.29) is 11.2 Å². The van der Waals surface area contributed by atoms with Gasteiger partial charge in [0.2, 0.25) is 16.9 Å². The molecule has 0 aliphatic carbocycles. The van der Waals surface area contributed by atoms with Crippen LogP contribution in [0, 0.1) is 0 Å². The molecule has 3 rings (SSSR count). The molecule has 1 aliphatic rings. The molecule has 0 saturated carbocycles. The third kappa shape index (κ3) is 5.96. The number of aromatic nitrogens is 2. The molecule has 2 heterocycles. The first kappa shape index (κ1) is 20.6. The van der Waals surface area contributed by atoms with Crippen molar-refractivity contribution in [2.75, 3.05) is 28.7 Å². The fraction of sp³-hybridized carbons (Fsp3) is 0.375. The minimum Gasteiger partial charge on any atom is -0.371 e. The smallest absolute Gasteiger partial charge is 0.241 e. The van der Waals surface area contributed by atoms with Crippen LogP contribution in [0.15, 0.2) is 24.3 Å². The first-order valence-corrected chi connectivity index (χ1v) is 11.3. The van der Waals surface area contributed by atoms with Crippen LogP contribution in [0.4, 0.5) is 10.8 Å². The zero-order chi connectivity index (χ0) is 20.1. The van der Waals surface area contributed by atoms with E-state index in [4.69, 9.17) is 16.3 Å². The van der Waals surface area contributed by atoms with Gasteiger partial charge in [-0.2, -0.15) is 0 Å². The summed E-state index contributed by atoms with van der Waals surface area (Å²) in [6.07, 6.45) is 1.63. The van der Waals surface area contributed by atoms with E-state index in [2.05, 4.69) is 20.8 Å². The van der Waals surface area contributed by atoms with Gasteiger partial charge >= 0.3 is 0 Å². The third-order valence-electron chi connectivity index (χ3n) is 3.72. The Bertz CT molecular complexity index is 956. The molecule has 2 aromatic rings. The van der Waals surface area contributed by atoms with Crippen LogP contribution < -0.4 is 10.6 Å². The lowest BCUT2D eigenvalue weighted by Gasteiger charge is -2.06. The predicted molar refractivity (Wildman–Crippen MR) is 105 cm³/mol. The summed E-state index contributed by atoms with van der Waals surface area (Å²) in [5.41, 5.74) is 0.407. The molecule has 12 heteroatoms. The van der Waals surface area contributed by atoms with Crippen LogP contribution in [-0.4, -0.2) is 48.5 Å². The summed E-state index contributed by atoms with van der Waals surface area (Å²) in [4.78, 5) is 23.9. The molecule has 1 saturated heterocycles. The number of carbonyl (C=O) groups is 2. The molecule has 1 fully saturated rings. The van der Waals surface area contributed by atoms with E-state index in [1.54, 1.807) is 24.3 Å². The molecular weight excluding hydrogens is 428 g/mol. The van der Waals surface area contributed by atoms with Crippen molar-refractivity contribution >= 4 is 55.4 Å². The van der Waals surface area contributed by atoms with E-state index in [9.17, 15) is 18.0 Å². The van der Waals surface area contributed by atoms with Crippen molar-refractivity contribution in [1.82, 2.24) is 10.2 Å². The Balaban J connectivity index is 1.50. The number of hydrogen-bond donors (Lipinski definition) is 2. The van der Waals surface area contributed by atoms with Gasteiger partial charge < -0.3 is 10.1 Å². The number of rotatable bonds is 7. The van der Waals surface area contributed by atoms with E-state index in [0.717, 1.165) is 24.2 Å². The van der Waals surface area contributed by atoms with Crippen molar-refractivity contribution < 1.29 is 22.7 Å². The summed E-state index contributed by atoms with van der Waals surface area (Å²) in [6, 6.07) is 6.21. The lowest BCUT2D eigenvalue weighted by Crippen LogP contribution is -2.30. The van der Waals surface area contributed by atoms with Crippen LogP contribution in [0.25, 0.3) is 0 Å². The highest BCUT2D eigenvalue weighted by molar-refractivity contribution is 7.92. The maximum Gasteiger partial charge on any atom is 0.241 e. The van der Waals surface area contributed by atoms with Crippen molar-refractivity contribution in [3.63, 3.8) is 0 Å². The van der Waals surface area contributed by atoms with Gasteiger partial charge in [0.15, 0.2) is 9.84 Å². The van der Waals surface area contributed by atoms with Crippen LogP contribution in [-0.2, 0) is 24.2 Å². The number of anilines is 2. The highest BCUT2D eigenvalue weighted by atomic mass is 35.5. The van der Waals surface area contributed by atoms with E-state index in [1.165, 1.54) is 0 Å². The van der Waals surface area contributed by atoms with Crippen molar-refractivity contribution in [2.45, 2.75) is 18.9 Å². The maximum atomic E-state index is 12.1. The van der Waals surface area contributed by atoms with E-state index >= 15 is 0 Å². The first-order valence-electron chi connectivity index (χ1n) is 8.31. The second-order valence-electron chi connectivity index (χ2n) is 6.08. The molecule has 2 N–H and O–H groups in total. The van der Waals surface area contributed by atoms with Crippen LogP contribution in [0.5, 0.6) is 0 Å². The maximum absolute atomic E-state index is 12.1. The predicted octanol–water partition coefficient (Wildman–Crippen LogP) is 2.03. The van der Waals surface area contributed by atoms with Crippen molar-refractivity contribution in [2.24, 2.45) is 0 Å². The topological polar surface area (TPSA) is 127 Å². The second-order valence-corrected chi connectivity index (χ2v) is 9.59. The Morgan fingerprint density at radius 2 is 1.82 bits per heavy atom. The number of amides is 2. The Morgan fingerprint density at radius 1 is 1.14 bits per heavy atom. The molecular formula is C16H17ClN4O5S2. The molecule has 1 aromatic carbocycles. The van der Waals surface area contributed by atoms with Gasteiger partial charge in [-0.1, -0.05) is 22.9 Å². The molecule has 0 spiro atoms. The number of halogens is 1. The second kappa shape index (κ2) is 8.95. The van der Waals surface area contributed by atoms with Gasteiger partial charge in [0, 0.05) is 17.3 Å². The lowest BCUT2D eigenvalue weighted by atomic mass is 10.2. The molecule has 1 aliphatic heterocycles. The van der Waals surface area contributed by atoms with E-state index in [0.29, 0.717) is 22.3 Å². The van der Waals surface area contributed by atoms with Gasteiger partial charge in [-0.15, -0.1) is 10.2 Å². The van der Waals surface area contributed by atoms with E-state index in [1.807, 2.05) is 0 Å². The summed E-state index contributed by atoms with van der Waals surface area (Å²) < 4.78 is 29.7. The minimum atomic E-state index is -3.96. The number of benzene rings is 1. The minimum absolute atomic E-state index is 0.136. The monoisotopic (exact) mass is 444 g/mol. The van der Waals surface area contributed by atoms with Crippen molar-refractivity contribution in [3.8, 4) is 0 Å². The summed E-state index contributed by atoms with van der Waals surface area (Å²) >= 11 is 6.89.